The standard InChI is InChI=1S/C16H23FN2O3/c1-15(2,3)22-14(21)19-12(7-16(19,4)5)13(20)10-6-11(17)9-18-8-10/h6,8-9,12-13,20H,7H2,1-5H3/t12-,13+/m1/s1. The summed E-state index contributed by atoms with van der Waals surface area (Å²) in [5.74, 6) is -0.515. The smallest absolute Gasteiger partial charge is 0.411 e. The number of amides is 1. The molecule has 5 nitrogen and oxygen atoms in total. The normalized spacial score (nSPS) is 22.0. The number of aromatic nitrogens is 1. The number of carbonyl (C=O) groups is 1. The van der Waals surface area contributed by atoms with Gasteiger partial charge in [-0.15, -0.1) is 0 Å². The Morgan fingerprint density at radius 1 is 1.50 bits per heavy atom. The fraction of sp³-hybridized carbons (Fsp3) is 0.625. The highest BCUT2D eigenvalue weighted by Crippen LogP contribution is 2.43. The zero-order valence-corrected chi connectivity index (χ0v) is 13.6. The average molecular weight is 310 g/mol. The second-order valence-corrected chi connectivity index (χ2v) is 7.32. The van der Waals surface area contributed by atoms with E-state index in [9.17, 15) is 14.3 Å². The number of ether oxygens (including phenoxy) is 1. The highest BCUT2D eigenvalue weighted by molar-refractivity contribution is 5.71. The summed E-state index contributed by atoms with van der Waals surface area (Å²) < 4.78 is 18.7. The first-order valence-electron chi connectivity index (χ1n) is 7.32. The van der Waals surface area contributed by atoms with Gasteiger partial charge in [-0.2, -0.15) is 0 Å². The molecule has 0 aliphatic carbocycles. The molecule has 2 heterocycles. The predicted octanol–water partition coefficient (Wildman–Crippen LogP) is 3.04. The van der Waals surface area contributed by atoms with Crippen LogP contribution in [-0.4, -0.2) is 38.3 Å². The second kappa shape index (κ2) is 5.50. The van der Waals surface area contributed by atoms with Crippen LogP contribution in [0.4, 0.5) is 9.18 Å². The lowest BCUT2D eigenvalue weighted by atomic mass is 9.78. The van der Waals surface area contributed by atoms with Crippen molar-refractivity contribution in [3.05, 3.63) is 29.8 Å². The zero-order chi connectivity index (χ0) is 16.7. The lowest BCUT2D eigenvalue weighted by Crippen LogP contribution is -2.67. The fourth-order valence-corrected chi connectivity index (χ4v) is 2.80. The molecule has 2 rings (SSSR count). The van der Waals surface area contributed by atoms with Gasteiger partial charge in [0.25, 0.3) is 0 Å². The van der Waals surface area contributed by atoms with Gasteiger partial charge in [0.15, 0.2) is 0 Å². The van der Waals surface area contributed by atoms with Gasteiger partial charge in [-0.25, -0.2) is 9.18 Å². The largest absolute Gasteiger partial charge is 0.444 e. The van der Waals surface area contributed by atoms with Gasteiger partial charge in [0.2, 0.25) is 0 Å². The number of nitrogens with zero attached hydrogens (tertiary/aromatic N) is 2. The molecule has 0 radical (unpaired) electrons. The third-order valence-electron chi connectivity index (χ3n) is 3.71. The SMILES string of the molecule is CC(C)(C)OC(=O)N1[C@@H]([C@@H](O)c2cncc(F)c2)CC1(C)C. The van der Waals surface area contributed by atoms with Crippen molar-refractivity contribution < 1.29 is 19.0 Å². The molecule has 1 aromatic heterocycles. The minimum atomic E-state index is -0.997. The quantitative estimate of drug-likeness (QED) is 0.912. The van der Waals surface area contributed by atoms with Crippen LogP contribution in [0.5, 0.6) is 0 Å². The summed E-state index contributed by atoms with van der Waals surface area (Å²) in [4.78, 5) is 17.6. The van der Waals surface area contributed by atoms with Crippen LogP contribution in [0.1, 0.15) is 52.7 Å². The maximum absolute atomic E-state index is 13.3. The predicted molar refractivity (Wildman–Crippen MR) is 79.7 cm³/mol. The van der Waals surface area contributed by atoms with Gasteiger partial charge in [0, 0.05) is 17.3 Å². The van der Waals surface area contributed by atoms with E-state index in [1.54, 1.807) is 20.8 Å². The third kappa shape index (κ3) is 3.38. The molecule has 2 atom stereocenters. The van der Waals surface area contributed by atoms with E-state index < -0.39 is 35.2 Å². The number of aliphatic hydroxyl groups excluding tert-OH is 1. The molecule has 1 fully saturated rings. The second-order valence-electron chi connectivity index (χ2n) is 7.32. The molecule has 1 aliphatic rings. The molecule has 6 heteroatoms. The Balaban J connectivity index is 2.19. The number of hydrogen-bond acceptors (Lipinski definition) is 4. The van der Waals surface area contributed by atoms with Crippen molar-refractivity contribution in [2.45, 2.75) is 64.3 Å². The average Bonchev–Trinajstić information content (AvgIpc) is 2.33. The molecule has 22 heavy (non-hydrogen) atoms. The number of pyridine rings is 1. The maximum atomic E-state index is 13.3. The van der Waals surface area contributed by atoms with E-state index in [0.717, 1.165) is 6.20 Å². The summed E-state index contributed by atoms with van der Waals surface area (Å²) in [7, 11) is 0. The first-order chi connectivity index (χ1) is 10.0. The molecule has 0 unspecified atom stereocenters. The van der Waals surface area contributed by atoms with Crippen molar-refractivity contribution in [2.24, 2.45) is 0 Å². The molecule has 1 aliphatic heterocycles. The Bertz CT molecular complexity index is 569. The molecule has 1 saturated heterocycles. The molecule has 0 spiro atoms. The van der Waals surface area contributed by atoms with Crippen LogP contribution < -0.4 is 0 Å². The topological polar surface area (TPSA) is 62.7 Å². The highest BCUT2D eigenvalue weighted by atomic mass is 19.1. The lowest BCUT2D eigenvalue weighted by molar-refractivity contribution is -0.105. The van der Waals surface area contributed by atoms with Crippen molar-refractivity contribution in [1.29, 1.82) is 0 Å². The van der Waals surface area contributed by atoms with Crippen LogP contribution in [-0.2, 0) is 4.74 Å². The summed E-state index contributed by atoms with van der Waals surface area (Å²) in [6, 6.07) is 0.782. The first kappa shape index (κ1) is 16.7. The third-order valence-corrected chi connectivity index (χ3v) is 3.71. The van der Waals surface area contributed by atoms with Crippen molar-refractivity contribution in [2.75, 3.05) is 0 Å². The van der Waals surface area contributed by atoms with Gasteiger partial charge < -0.3 is 9.84 Å². The molecule has 1 N–H and O–H groups in total. The summed E-state index contributed by atoms with van der Waals surface area (Å²) in [6.07, 6.45) is 1.61. The zero-order valence-electron chi connectivity index (χ0n) is 13.6. The Kier molecular flexibility index (Phi) is 4.17. The Morgan fingerprint density at radius 3 is 2.64 bits per heavy atom. The van der Waals surface area contributed by atoms with Crippen LogP contribution in [0.2, 0.25) is 0 Å². The Morgan fingerprint density at radius 2 is 2.14 bits per heavy atom. The number of carbonyl (C=O) groups excluding carboxylic acids is 1. The van der Waals surface area contributed by atoms with Crippen molar-refractivity contribution in [3.8, 4) is 0 Å². The fourth-order valence-electron chi connectivity index (χ4n) is 2.80. The van der Waals surface area contributed by atoms with Gasteiger partial charge in [-0.3, -0.25) is 9.88 Å². The van der Waals surface area contributed by atoms with E-state index in [1.165, 1.54) is 17.2 Å². The maximum Gasteiger partial charge on any atom is 0.411 e. The van der Waals surface area contributed by atoms with E-state index in [-0.39, 0.29) is 0 Å². The molecular weight excluding hydrogens is 287 g/mol. The number of rotatable bonds is 2. The van der Waals surface area contributed by atoms with E-state index >= 15 is 0 Å². The van der Waals surface area contributed by atoms with Gasteiger partial charge in [0.05, 0.1) is 12.2 Å². The number of halogens is 1. The summed E-state index contributed by atoms with van der Waals surface area (Å²) in [5.41, 5.74) is -0.665. The molecule has 0 aromatic carbocycles. The molecular formula is C16H23FN2O3. The highest BCUT2D eigenvalue weighted by Gasteiger charge is 2.52. The van der Waals surface area contributed by atoms with Crippen molar-refractivity contribution >= 4 is 6.09 Å². The van der Waals surface area contributed by atoms with Gasteiger partial charge in [-0.05, 0) is 47.1 Å². The minimum absolute atomic E-state index is 0.356. The van der Waals surface area contributed by atoms with Gasteiger partial charge >= 0.3 is 6.09 Å². The molecule has 1 aromatic rings. The molecule has 122 valence electrons. The van der Waals surface area contributed by atoms with Crippen LogP contribution in [0.25, 0.3) is 0 Å². The van der Waals surface area contributed by atoms with Crippen LogP contribution >= 0.6 is 0 Å². The Labute approximate surface area is 130 Å². The van der Waals surface area contributed by atoms with Crippen LogP contribution in [0, 0.1) is 5.82 Å². The number of hydrogen-bond donors (Lipinski definition) is 1. The minimum Gasteiger partial charge on any atom is -0.444 e. The van der Waals surface area contributed by atoms with Crippen LogP contribution in [0.15, 0.2) is 18.5 Å². The lowest BCUT2D eigenvalue weighted by Gasteiger charge is -2.56. The summed E-state index contributed by atoms with van der Waals surface area (Å²) in [6.45, 7) is 9.19. The van der Waals surface area contributed by atoms with E-state index in [4.69, 9.17) is 4.74 Å². The molecule has 1 amide bonds. The summed E-state index contributed by atoms with van der Waals surface area (Å²) in [5, 5.41) is 10.5. The van der Waals surface area contributed by atoms with Gasteiger partial charge in [-0.1, -0.05) is 0 Å². The monoisotopic (exact) mass is 310 g/mol. The van der Waals surface area contributed by atoms with E-state index in [0.29, 0.717) is 12.0 Å². The Hall–Kier alpha value is -1.69. The van der Waals surface area contributed by atoms with E-state index in [1.807, 2.05) is 13.8 Å². The van der Waals surface area contributed by atoms with E-state index in [2.05, 4.69) is 4.98 Å². The first-order valence-corrected chi connectivity index (χ1v) is 7.32. The number of likely N-dealkylation sites (tertiary alicyclic amines) is 1. The molecule has 0 bridgehead atoms. The van der Waals surface area contributed by atoms with Crippen molar-refractivity contribution in [1.82, 2.24) is 9.88 Å². The number of aliphatic hydroxyl groups is 1. The van der Waals surface area contributed by atoms with Crippen LogP contribution in [0.3, 0.4) is 0 Å². The summed E-state index contributed by atoms with van der Waals surface area (Å²) >= 11 is 0. The van der Waals surface area contributed by atoms with Crippen molar-refractivity contribution in [3.63, 3.8) is 0 Å². The van der Waals surface area contributed by atoms with Gasteiger partial charge in [0.1, 0.15) is 17.5 Å². The molecule has 0 saturated carbocycles.